The predicted octanol–water partition coefficient (Wildman–Crippen LogP) is 1.03. The van der Waals surface area contributed by atoms with Crippen LogP contribution in [0.4, 0.5) is 0 Å². The highest BCUT2D eigenvalue weighted by Gasteiger charge is 2.47. The molecule has 0 radical (unpaired) electrons. The second-order valence-electron chi connectivity index (χ2n) is 4.50. The molecule has 1 atom stereocenters. The Morgan fingerprint density at radius 1 is 1.33 bits per heavy atom. The van der Waals surface area contributed by atoms with Gasteiger partial charge < -0.3 is 19.3 Å². The van der Waals surface area contributed by atoms with E-state index in [0.29, 0.717) is 0 Å². The molecule has 2 N–H and O–H groups in total. The van der Waals surface area contributed by atoms with Gasteiger partial charge in [0.2, 0.25) is 0 Å². The number of ether oxygens (including phenoxy) is 2. The fraction of sp³-hybridized carbons (Fsp3) is 1.00. The second-order valence-corrected chi connectivity index (χ2v) is 5.74. The molecule has 1 saturated heterocycles. The third-order valence-electron chi connectivity index (χ3n) is 2.10. The van der Waals surface area contributed by atoms with Gasteiger partial charge in [-0.15, -0.1) is 0 Å². The lowest BCUT2D eigenvalue weighted by atomic mass is 10.0. The molecule has 1 aliphatic rings. The van der Waals surface area contributed by atoms with E-state index in [4.69, 9.17) is 19.3 Å². The molecule has 0 amide bonds. The van der Waals surface area contributed by atoms with Crippen molar-refractivity contribution in [3.8, 4) is 0 Å². The van der Waals surface area contributed by atoms with E-state index in [1.165, 1.54) is 0 Å². The number of rotatable bonds is 3. The topological polar surface area (TPSA) is 85.2 Å². The van der Waals surface area contributed by atoms with E-state index in [9.17, 15) is 4.57 Å². The third kappa shape index (κ3) is 3.83. The lowest BCUT2D eigenvalue weighted by Gasteiger charge is -2.23. The summed E-state index contributed by atoms with van der Waals surface area (Å²) < 4.78 is 26.0. The molecule has 0 aromatic rings. The Bertz CT molecular complexity index is 281. The molecule has 6 nitrogen and oxygen atoms in total. The lowest BCUT2D eigenvalue weighted by molar-refractivity contribution is -0.158. The number of hydrogen-bond acceptors (Lipinski definition) is 4. The predicted molar refractivity (Wildman–Crippen MR) is 52.1 cm³/mol. The molecule has 0 bridgehead atoms. The highest BCUT2D eigenvalue weighted by molar-refractivity contribution is 7.46. The first kappa shape index (κ1) is 13.1. The van der Waals surface area contributed by atoms with Crippen LogP contribution in [0, 0.1) is 0 Å². The molecule has 0 aromatic heterocycles. The van der Waals surface area contributed by atoms with Crippen molar-refractivity contribution in [2.75, 3.05) is 6.61 Å². The summed E-state index contributed by atoms with van der Waals surface area (Å²) in [7, 11) is -4.45. The van der Waals surface area contributed by atoms with Crippen molar-refractivity contribution in [2.45, 2.75) is 45.2 Å². The van der Waals surface area contributed by atoms with Crippen LogP contribution in [-0.4, -0.2) is 33.9 Å². The molecule has 7 heteroatoms. The van der Waals surface area contributed by atoms with Crippen molar-refractivity contribution in [1.29, 1.82) is 0 Å². The molecular weight excluding hydrogens is 223 g/mol. The maximum absolute atomic E-state index is 10.5. The van der Waals surface area contributed by atoms with E-state index in [1.54, 1.807) is 27.7 Å². The average molecular weight is 240 g/mol. The van der Waals surface area contributed by atoms with Gasteiger partial charge in [-0.1, -0.05) is 0 Å². The molecule has 1 heterocycles. The molecule has 0 aromatic carbocycles. The Hall–Kier alpha value is 0.0300. The van der Waals surface area contributed by atoms with Crippen LogP contribution in [-0.2, 0) is 18.6 Å². The first-order chi connectivity index (χ1) is 6.52. The Morgan fingerprint density at radius 2 is 1.87 bits per heavy atom. The molecule has 1 aliphatic heterocycles. The summed E-state index contributed by atoms with van der Waals surface area (Å²) in [5, 5.41) is 0. The van der Waals surface area contributed by atoms with E-state index in [1.807, 2.05) is 0 Å². The molecule has 0 aliphatic carbocycles. The molecule has 0 unspecified atom stereocenters. The van der Waals surface area contributed by atoms with Crippen LogP contribution < -0.4 is 0 Å². The molecule has 1 rings (SSSR count). The molecule has 0 saturated carbocycles. The highest BCUT2D eigenvalue weighted by Crippen LogP contribution is 2.41. The zero-order valence-electron chi connectivity index (χ0n) is 9.26. The largest absolute Gasteiger partial charge is 0.469 e. The van der Waals surface area contributed by atoms with Crippen molar-refractivity contribution in [3.63, 3.8) is 0 Å². The zero-order chi connectivity index (χ0) is 11.9. The SMILES string of the molecule is CC1(C)O[C@@H](COP(=O)(O)O)C(C)(C)O1. The Morgan fingerprint density at radius 3 is 2.20 bits per heavy atom. The first-order valence-corrected chi connectivity index (χ1v) is 6.13. The summed E-state index contributed by atoms with van der Waals surface area (Å²) in [4.78, 5) is 17.1. The van der Waals surface area contributed by atoms with Crippen molar-refractivity contribution >= 4 is 7.82 Å². The third-order valence-corrected chi connectivity index (χ3v) is 2.59. The lowest BCUT2D eigenvalue weighted by Crippen LogP contribution is -2.36. The summed E-state index contributed by atoms with van der Waals surface area (Å²) in [6, 6.07) is 0. The normalized spacial score (nSPS) is 29.3. The van der Waals surface area contributed by atoms with Crippen molar-refractivity contribution < 1.29 is 28.3 Å². The molecule has 15 heavy (non-hydrogen) atoms. The summed E-state index contributed by atoms with van der Waals surface area (Å²) in [6.07, 6.45) is -0.500. The maximum atomic E-state index is 10.5. The highest BCUT2D eigenvalue weighted by atomic mass is 31.2. The van der Waals surface area contributed by atoms with Crippen LogP contribution in [0.5, 0.6) is 0 Å². The van der Waals surface area contributed by atoms with Crippen LogP contribution in [0.25, 0.3) is 0 Å². The van der Waals surface area contributed by atoms with Gasteiger partial charge in [0.25, 0.3) is 0 Å². The Balaban J connectivity index is 2.60. The van der Waals surface area contributed by atoms with E-state index in [-0.39, 0.29) is 6.61 Å². The first-order valence-electron chi connectivity index (χ1n) is 4.60. The fourth-order valence-electron chi connectivity index (χ4n) is 1.61. The standard InChI is InChI=1S/C8H17O6P/c1-7(2)6(5-12-15(9,10)11)13-8(3,4)14-7/h6H,5H2,1-4H3,(H2,9,10,11)/t6-/m0/s1. The van der Waals surface area contributed by atoms with Gasteiger partial charge in [0.15, 0.2) is 5.79 Å². The van der Waals surface area contributed by atoms with Gasteiger partial charge in [-0.05, 0) is 27.7 Å². The van der Waals surface area contributed by atoms with Crippen molar-refractivity contribution in [1.82, 2.24) is 0 Å². The Labute approximate surface area is 88.8 Å². The van der Waals surface area contributed by atoms with Crippen molar-refractivity contribution in [3.05, 3.63) is 0 Å². The number of phosphoric ester groups is 1. The quantitative estimate of drug-likeness (QED) is 0.716. The minimum atomic E-state index is -4.45. The van der Waals surface area contributed by atoms with Gasteiger partial charge in [-0.2, -0.15) is 0 Å². The zero-order valence-corrected chi connectivity index (χ0v) is 10.2. The summed E-state index contributed by atoms with van der Waals surface area (Å²) in [6.45, 7) is 6.87. The number of phosphoric acid groups is 1. The fourth-order valence-corrected chi connectivity index (χ4v) is 1.94. The van der Waals surface area contributed by atoms with E-state index in [2.05, 4.69) is 4.52 Å². The van der Waals surface area contributed by atoms with Crippen molar-refractivity contribution in [2.24, 2.45) is 0 Å². The van der Waals surface area contributed by atoms with Gasteiger partial charge in [0.05, 0.1) is 12.2 Å². The van der Waals surface area contributed by atoms with Crippen LogP contribution in [0.15, 0.2) is 0 Å². The average Bonchev–Trinajstić information content (AvgIpc) is 2.13. The molecule has 90 valence electrons. The minimum Gasteiger partial charge on any atom is -0.342 e. The van der Waals surface area contributed by atoms with Crippen LogP contribution in [0.3, 0.4) is 0 Å². The summed E-state index contributed by atoms with van der Waals surface area (Å²) in [5.41, 5.74) is -0.626. The van der Waals surface area contributed by atoms with Gasteiger partial charge in [-0.3, -0.25) is 4.52 Å². The van der Waals surface area contributed by atoms with Gasteiger partial charge in [0.1, 0.15) is 6.10 Å². The van der Waals surface area contributed by atoms with Crippen LogP contribution in [0.2, 0.25) is 0 Å². The van der Waals surface area contributed by atoms with Gasteiger partial charge in [-0.25, -0.2) is 4.57 Å². The Kier molecular flexibility index (Phi) is 3.32. The number of hydrogen-bond donors (Lipinski definition) is 2. The maximum Gasteiger partial charge on any atom is 0.469 e. The van der Waals surface area contributed by atoms with E-state index >= 15 is 0 Å². The van der Waals surface area contributed by atoms with Crippen LogP contribution >= 0.6 is 7.82 Å². The summed E-state index contributed by atoms with van der Waals surface area (Å²) in [5.74, 6) is -0.758. The summed E-state index contributed by atoms with van der Waals surface area (Å²) >= 11 is 0. The monoisotopic (exact) mass is 240 g/mol. The van der Waals surface area contributed by atoms with Crippen LogP contribution in [0.1, 0.15) is 27.7 Å². The van der Waals surface area contributed by atoms with E-state index < -0.39 is 25.3 Å². The smallest absolute Gasteiger partial charge is 0.342 e. The second kappa shape index (κ2) is 3.80. The molecule has 0 spiro atoms. The molecule has 1 fully saturated rings. The van der Waals surface area contributed by atoms with Gasteiger partial charge in [0, 0.05) is 0 Å². The molecular formula is C8H17O6P. The van der Waals surface area contributed by atoms with E-state index in [0.717, 1.165) is 0 Å². The minimum absolute atomic E-state index is 0.194. The van der Waals surface area contributed by atoms with Gasteiger partial charge >= 0.3 is 7.82 Å².